The van der Waals surface area contributed by atoms with E-state index in [1.54, 1.807) is 12.1 Å². The molecule has 5 nitrogen and oxygen atoms in total. The van der Waals surface area contributed by atoms with Crippen molar-refractivity contribution in [2.24, 2.45) is 0 Å². The molecule has 2 aromatic rings. The van der Waals surface area contributed by atoms with Crippen LogP contribution in [-0.4, -0.2) is 47.4 Å². The summed E-state index contributed by atoms with van der Waals surface area (Å²) in [5.74, 6) is -2.66. The zero-order valence-electron chi connectivity index (χ0n) is 16.5. The molecule has 1 saturated heterocycles. The number of hydrogen-bond donors (Lipinski definition) is 0. The highest BCUT2D eigenvalue weighted by molar-refractivity contribution is 5.64. The highest BCUT2D eigenvalue weighted by atomic mass is 19.2. The second-order valence-electron chi connectivity index (χ2n) is 7.70. The van der Waals surface area contributed by atoms with Crippen LogP contribution in [0.3, 0.4) is 0 Å². The molecule has 154 valence electrons. The van der Waals surface area contributed by atoms with E-state index in [0.29, 0.717) is 25.2 Å². The van der Waals surface area contributed by atoms with Crippen molar-refractivity contribution in [2.45, 2.75) is 18.9 Å². The van der Waals surface area contributed by atoms with Crippen LogP contribution in [0.1, 0.15) is 18.1 Å². The SMILES string of the molecule is CN1CC(C)(Cc2ccc(F)cc2)N(C)CC1=Cc1c([N+](=O)[O-])ccc(F)c1F. The van der Waals surface area contributed by atoms with E-state index in [2.05, 4.69) is 11.8 Å². The largest absolute Gasteiger partial charge is 0.375 e. The molecule has 0 saturated carbocycles. The molecule has 1 fully saturated rings. The Bertz CT molecular complexity index is 962. The average Bonchev–Trinajstić information content (AvgIpc) is 2.65. The molecule has 0 spiro atoms. The fourth-order valence-corrected chi connectivity index (χ4v) is 3.70. The zero-order valence-corrected chi connectivity index (χ0v) is 16.5. The highest BCUT2D eigenvalue weighted by Crippen LogP contribution is 2.32. The van der Waals surface area contributed by atoms with Crippen LogP contribution >= 0.6 is 0 Å². The van der Waals surface area contributed by atoms with Gasteiger partial charge in [-0.2, -0.15) is 0 Å². The summed E-state index contributed by atoms with van der Waals surface area (Å²) in [5.41, 5.74) is 0.473. The van der Waals surface area contributed by atoms with E-state index in [9.17, 15) is 23.3 Å². The number of likely N-dealkylation sites (N-methyl/N-ethyl adjacent to an activating group) is 2. The van der Waals surface area contributed by atoms with Gasteiger partial charge in [-0.3, -0.25) is 15.0 Å². The first-order valence-corrected chi connectivity index (χ1v) is 9.10. The van der Waals surface area contributed by atoms with Crippen LogP contribution in [0, 0.1) is 27.6 Å². The second-order valence-corrected chi connectivity index (χ2v) is 7.70. The summed E-state index contributed by atoms with van der Waals surface area (Å²) in [6.07, 6.45) is 2.00. The summed E-state index contributed by atoms with van der Waals surface area (Å²) in [5, 5.41) is 11.2. The number of piperazine rings is 1. The van der Waals surface area contributed by atoms with Gasteiger partial charge < -0.3 is 4.90 Å². The van der Waals surface area contributed by atoms with Gasteiger partial charge in [0.15, 0.2) is 11.6 Å². The van der Waals surface area contributed by atoms with Crippen LogP contribution in [0.25, 0.3) is 6.08 Å². The maximum absolute atomic E-state index is 14.3. The fourth-order valence-electron chi connectivity index (χ4n) is 3.70. The van der Waals surface area contributed by atoms with Gasteiger partial charge in [0, 0.05) is 37.4 Å². The van der Waals surface area contributed by atoms with Crippen LogP contribution in [0.2, 0.25) is 0 Å². The van der Waals surface area contributed by atoms with Gasteiger partial charge in [0.2, 0.25) is 0 Å². The van der Waals surface area contributed by atoms with Crippen LogP contribution < -0.4 is 0 Å². The minimum Gasteiger partial charge on any atom is -0.375 e. The molecule has 1 aliphatic heterocycles. The van der Waals surface area contributed by atoms with E-state index in [-0.39, 0.29) is 16.9 Å². The third-order valence-electron chi connectivity index (χ3n) is 5.50. The quantitative estimate of drug-likeness (QED) is 0.564. The van der Waals surface area contributed by atoms with E-state index in [0.717, 1.165) is 17.7 Å². The van der Waals surface area contributed by atoms with Crippen LogP contribution in [0.5, 0.6) is 0 Å². The summed E-state index contributed by atoms with van der Waals surface area (Å²) < 4.78 is 41.1. The number of nitro groups is 1. The Morgan fingerprint density at radius 1 is 1.14 bits per heavy atom. The van der Waals surface area contributed by atoms with Crippen molar-refractivity contribution in [3.05, 3.63) is 80.8 Å². The summed E-state index contributed by atoms with van der Waals surface area (Å²) in [7, 11) is 3.71. The lowest BCUT2D eigenvalue weighted by Crippen LogP contribution is -2.58. The van der Waals surface area contributed by atoms with Crippen molar-refractivity contribution in [2.75, 3.05) is 27.2 Å². The normalized spacial score (nSPS) is 21.6. The molecule has 2 aromatic carbocycles. The molecular formula is C21H22F3N3O2. The van der Waals surface area contributed by atoms with Crippen molar-refractivity contribution < 1.29 is 18.1 Å². The Morgan fingerprint density at radius 3 is 2.41 bits per heavy atom. The van der Waals surface area contributed by atoms with E-state index in [1.807, 2.05) is 19.0 Å². The molecule has 3 rings (SSSR count). The highest BCUT2D eigenvalue weighted by Gasteiger charge is 2.36. The molecule has 0 radical (unpaired) electrons. The molecule has 1 atom stereocenters. The lowest BCUT2D eigenvalue weighted by atomic mass is 9.88. The molecule has 0 N–H and O–H groups in total. The maximum Gasteiger partial charge on any atom is 0.279 e. The van der Waals surface area contributed by atoms with Crippen molar-refractivity contribution >= 4 is 11.8 Å². The number of rotatable bonds is 4. The second kappa shape index (κ2) is 7.87. The van der Waals surface area contributed by atoms with Crippen LogP contribution in [-0.2, 0) is 6.42 Å². The minimum atomic E-state index is -1.23. The smallest absolute Gasteiger partial charge is 0.279 e. The molecular weight excluding hydrogens is 383 g/mol. The Balaban J connectivity index is 1.90. The molecule has 0 aromatic heterocycles. The molecule has 1 unspecified atom stereocenters. The first kappa shape index (κ1) is 20.9. The summed E-state index contributed by atoms with van der Waals surface area (Å²) >= 11 is 0. The minimum absolute atomic E-state index is 0.294. The van der Waals surface area contributed by atoms with Gasteiger partial charge in [-0.15, -0.1) is 0 Å². The first-order valence-electron chi connectivity index (χ1n) is 9.10. The lowest BCUT2D eigenvalue weighted by molar-refractivity contribution is -0.385. The Morgan fingerprint density at radius 2 is 1.79 bits per heavy atom. The van der Waals surface area contributed by atoms with E-state index in [4.69, 9.17) is 0 Å². The predicted molar refractivity (Wildman–Crippen MR) is 105 cm³/mol. The Labute approximate surface area is 167 Å². The Kier molecular flexibility index (Phi) is 5.66. The predicted octanol–water partition coefficient (Wildman–Crippen LogP) is 4.23. The van der Waals surface area contributed by atoms with Gasteiger partial charge in [0.05, 0.1) is 10.5 Å². The first-order chi connectivity index (χ1) is 13.6. The van der Waals surface area contributed by atoms with Crippen LogP contribution in [0.15, 0.2) is 42.1 Å². The van der Waals surface area contributed by atoms with Crippen molar-refractivity contribution in [1.29, 1.82) is 0 Å². The van der Waals surface area contributed by atoms with E-state index >= 15 is 0 Å². The number of halogens is 3. The summed E-state index contributed by atoms with van der Waals surface area (Å²) in [6.45, 7) is 3.01. The van der Waals surface area contributed by atoms with Gasteiger partial charge in [-0.1, -0.05) is 12.1 Å². The van der Waals surface area contributed by atoms with E-state index < -0.39 is 22.2 Å². The third kappa shape index (κ3) is 4.27. The lowest BCUT2D eigenvalue weighted by Gasteiger charge is -2.48. The van der Waals surface area contributed by atoms with Gasteiger partial charge in [0.1, 0.15) is 5.82 Å². The molecule has 0 aliphatic carbocycles. The zero-order chi connectivity index (χ0) is 21.3. The maximum atomic E-state index is 14.3. The number of hydrogen-bond acceptors (Lipinski definition) is 4. The fraction of sp³-hybridized carbons (Fsp3) is 0.333. The monoisotopic (exact) mass is 405 g/mol. The third-order valence-corrected chi connectivity index (χ3v) is 5.50. The molecule has 0 amide bonds. The molecule has 0 bridgehead atoms. The van der Waals surface area contributed by atoms with Crippen molar-refractivity contribution in [1.82, 2.24) is 9.80 Å². The van der Waals surface area contributed by atoms with Gasteiger partial charge >= 0.3 is 0 Å². The Hall–Kier alpha value is -2.87. The van der Waals surface area contributed by atoms with Gasteiger partial charge in [-0.25, -0.2) is 13.2 Å². The summed E-state index contributed by atoms with van der Waals surface area (Å²) in [6, 6.07) is 8.04. The molecule has 1 aliphatic rings. The van der Waals surface area contributed by atoms with Crippen molar-refractivity contribution in [3.63, 3.8) is 0 Å². The number of nitrogens with zero attached hydrogens (tertiary/aromatic N) is 3. The molecule has 1 heterocycles. The van der Waals surface area contributed by atoms with E-state index in [1.165, 1.54) is 18.2 Å². The summed E-state index contributed by atoms with van der Waals surface area (Å²) in [4.78, 5) is 14.5. The van der Waals surface area contributed by atoms with Crippen molar-refractivity contribution in [3.8, 4) is 0 Å². The van der Waals surface area contributed by atoms with Crippen LogP contribution in [0.4, 0.5) is 18.9 Å². The molecule has 29 heavy (non-hydrogen) atoms. The van der Waals surface area contributed by atoms with Gasteiger partial charge in [0.25, 0.3) is 5.69 Å². The standard InChI is InChI=1S/C21H22F3N3O2/c1-21(11-14-4-6-15(22)7-5-14)13-25(2)16(12-26(21)3)10-17-19(27(28)29)9-8-18(23)20(17)24/h4-10H,11-13H2,1-3H3. The number of nitro benzene ring substituents is 1. The van der Waals surface area contributed by atoms with Gasteiger partial charge in [-0.05, 0) is 50.2 Å². The average molecular weight is 405 g/mol. The topological polar surface area (TPSA) is 49.6 Å². The number of benzene rings is 2. The molecule has 8 heteroatoms.